The summed E-state index contributed by atoms with van der Waals surface area (Å²) in [4.78, 5) is 33.9. The molecule has 0 radical (unpaired) electrons. The van der Waals surface area contributed by atoms with Gasteiger partial charge < -0.3 is 10.2 Å². The molecule has 4 rings (SSSR count). The highest BCUT2D eigenvalue weighted by atomic mass is 19.1. The van der Waals surface area contributed by atoms with Gasteiger partial charge in [0, 0.05) is 17.2 Å². The van der Waals surface area contributed by atoms with E-state index in [4.69, 9.17) is 4.99 Å². The number of carbonyl (C=O) groups excluding carboxylic acids is 2. The zero-order valence-corrected chi connectivity index (χ0v) is 27.1. The molecule has 0 saturated heterocycles. The smallest absolute Gasteiger partial charge is 0.275 e. The molecular weight excluding hydrogens is 576 g/mol. The summed E-state index contributed by atoms with van der Waals surface area (Å²) in [6.45, 7) is 13.0. The minimum atomic E-state index is -0.929. The van der Waals surface area contributed by atoms with Crippen LogP contribution < -0.4 is 5.32 Å². The predicted octanol–water partition coefficient (Wildman–Crippen LogP) is 6.79. The fourth-order valence-electron chi connectivity index (χ4n) is 5.75. The number of aliphatic imine (C=N–C) groups is 1. The van der Waals surface area contributed by atoms with Crippen LogP contribution in [0.5, 0.6) is 0 Å². The third kappa shape index (κ3) is 8.58. The molecule has 2 N–H and O–H groups in total. The monoisotopic (exact) mass is 621 g/mol. The Balaban J connectivity index is 1.68. The average molecular weight is 622 g/mol. The van der Waals surface area contributed by atoms with Gasteiger partial charge in [-0.15, -0.1) is 10.2 Å². The van der Waals surface area contributed by atoms with Crippen LogP contribution in [-0.4, -0.2) is 48.7 Å². The Morgan fingerprint density at radius 2 is 1.64 bits per heavy atom. The molecule has 0 aliphatic carbocycles. The second-order valence-corrected chi connectivity index (χ2v) is 13.1. The number of aromatic amines is 1. The topological polar surface area (TPSA) is 116 Å². The van der Waals surface area contributed by atoms with Gasteiger partial charge in [-0.3, -0.25) is 14.6 Å². The number of H-pyrrole nitrogens is 1. The maximum Gasteiger partial charge on any atom is 0.275 e. The Morgan fingerprint density at radius 3 is 2.24 bits per heavy atom. The summed E-state index contributed by atoms with van der Waals surface area (Å²) in [5.74, 6) is -0.388. The van der Waals surface area contributed by atoms with E-state index in [2.05, 4.69) is 60.6 Å². The molecule has 0 saturated carbocycles. The molecule has 0 fully saturated rings. The van der Waals surface area contributed by atoms with Gasteiger partial charge in [-0.2, -0.15) is 5.21 Å². The van der Waals surface area contributed by atoms with Gasteiger partial charge in [0.25, 0.3) is 11.8 Å². The van der Waals surface area contributed by atoms with E-state index in [0.29, 0.717) is 42.0 Å². The molecule has 0 bridgehead atoms. The third-order valence-electron chi connectivity index (χ3n) is 8.81. The molecular formula is C34H45F2N7O2. The van der Waals surface area contributed by atoms with E-state index in [-0.39, 0.29) is 35.7 Å². The van der Waals surface area contributed by atoms with Crippen molar-refractivity contribution in [1.29, 1.82) is 0 Å². The molecule has 11 heteroatoms. The quantitative estimate of drug-likeness (QED) is 0.181. The van der Waals surface area contributed by atoms with Crippen LogP contribution in [0.1, 0.15) is 113 Å². The zero-order chi connectivity index (χ0) is 32.7. The Morgan fingerprint density at radius 1 is 0.978 bits per heavy atom. The Kier molecular flexibility index (Phi) is 11.2. The third-order valence-corrected chi connectivity index (χ3v) is 8.81. The number of nitrogens with one attached hydrogen (secondary N) is 2. The molecule has 2 amide bonds. The number of tetrazole rings is 1. The Labute approximate surface area is 264 Å². The largest absolute Gasteiger partial charge is 0.345 e. The van der Waals surface area contributed by atoms with Crippen LogP contribution in [0, 0.1) is 29.4 Å². The SMILES string of the molecule is CC(C)CCCCC(c1ccc(C(=O)NCc2nn[nH]n2)cc1)N1C(=O)C(c2cc(F)cc(F)c2)=NC1(C)CCC(C)C(C)C. The van der Waals surface area contributed by atoms with Crippen LogP contribution in [0.2, 0.25) is 0 Å². The van der Waals surface area contributed by atoms with Crippen molar-refractivity contribution in [1.82, 2.24) is 30.8 Å². The second-order valence-electron chi connectivity index (χ2n) is 13.1. The summed E-state index contributed by atoms with van der Waals surface area (Å²) >= 11 is 0. The van der Waals surface area contributed by atoms with Crippen LogP contribution in [-0.2, 0) is 11.3 Å². The van der Waals surface area contributed by atoms with Gasteiger partial charge in [0.15, 0.2) is 5.82 Å². The second kappa shape index (κ2) is 14.8. The number of rotatable bonds is 15. The van der Waals surface area contributed by atoms with E-state index in [1.807, 2.05) is 24.0 Å². The highest BCUT2D eigenvalue weighted by molar-refractivity contribution is 6.46. The molecule has 9 nitrogen and oxygen atoms in total. The van der Waals surface area contributed by atoms with Crippen molar-refractivity contribution in [3.8, 4) is 0 Å². The van der Waals surface area contributed by atoms with E-state index < -0.39 is 17.3 Å². The number of hydrogen-bond donors (Lipinski definition) is 2. The first-order chi connectivity index (χ1) is 21.4. The summed E-state index contributed by atoms with van der Waals surface area (Å²) in [6.07, 6.45) is 5.04. The lowest BCUT2D eigenvalue weighted by molar-refractivity contribution is -0.131. The van der Waals surface area contributed by atoms with E-state index in [1.54, 1.807) is 12.1 Å². The molecule has 242 valence electrons. The van der Waals surface area contributed by atoms with Crippen molar-refractivity contribution < 1.29 is 18.4 Å². The number of benzene rings is 2. The van der Waals surface area contributed by atoms with Crippen molar-refractivity contribution in [2.75, 3.05) is 0 Å². The van der Waals surface area contributed by atoms with E-state index in [9.17, 15) is 18.4 Å². The summed E-state index contributed by atoms with van der Waals surface area (Å²) in [5.41, 5.74) is 0.594. The predicted molar refractivity (Wildman–Crippen MR) is 169 cm³/mol. The number of halogens is 2. The summed E-state index contributed by atoms with van der Waals surface area (Å²) < 4.78 is 28.6. The van der Waals surface area contributed by atoms with Crippen LogP contribution in [0.4, 0.5) is 8.78 Å². The van der Waals surface area contributed by atoms with Gasteiger partial charge in [-0.05, 0) is 73.8 Å². The van der Waals surface area contributed by atoms with Crippen LogP contribution in [0.3, 0.4) is 0 Å². The van der Waals surface area contributed by atoms with Gasteiger partial charge in [-0.1, -0.05) is 71.2 Å². The first-order valence-electron chi connectivity index (χ1n) is 15.9. The normalized spacial score (nSPS) is 18.0. The summed E-state index contributed by atoms with van der Waals surface area (Å²) in [7, 11) is 0. The molecule has 1 aliphatic rings. The lowest BCUT2D eigenvalue weighted by Crippen LogP contribution is -2.47. The number of aromatic nitrogens is 4. The fourth-order valence-corrected chi connectivity index (χ4v) is 5.75. The number of unbranched alkanes of at least 4 members (excludes halogenated alkanes) is 1. The lowest BCUT2D eigenvalue weighted by atomic mass is 9.88. The molecule has 3 unspecified atom stereocenters. The number of carbonyl (C=O) groups is 2. The molecule has 1 aliphatic heterocycles. The number of hydrogen-bond acceptors (Lipinski definition) is 6. The van der Waals surface area contributed by atoms with Crippen LogP contribution in [0.25, 0.3) is 0 Å². The molecule has 2 aromatic carbocycles. The molecule has 45 heavy (non-hydrogen) atoms. The summed E-state index contributed by atoms with van der Waals surface area (Å²) in [5, 5.41) is 16.3. The fraction of sp³-hybridized carbons (Fsp3) is 0.529. The van der Waals surface area contributed by atoms with Crippen molar-refractivity contribution >= 4 is 17.5 Å². The van der Waals surface area contributed by atoms with Gasteiger partial charge in [0.1, 0.15) is 23.0 Å². The minimum absolute atomic E-state index is 0.0674. The molecule has 2 heterocycles. The van der Waals surface area contributed by atoms with E-state index >= 15 is 0 Å². The summed E-state index contributed by atoms with van der Waals surface area (Å²) in [6, 6.07) is 10.00. The molecule has 3 atom stereocenters. The highest BCUT2D eigenvalue weighted by Gasteiger charge is 2.47. The highest BCUT2D eigenvalue weighted by Crippen LogP contribution is 2.42. The Hall–Kier alpha value is -4.02. The van der Waals surface area contributed by atoms with Crippen LogP contribution >= 0.6 is 0 Å². The maximum absolute atomic E-state index is 14.3. The first kappa shape index (κ1) is 33.9. The average Bonchev–Trinajstić information content (AvgIpc) is 3.60. The van der Waals surface area contributed by atoms with Crippen molar-refractivity contribution in [3.05, 3.63) is 76.6 Å². The zero-order valence-electron chi connectivity index (χ0n) is 27.1. The Bertz CT molecular complexity index is 1450. The van der Waals surface area contributed by atoms with Gasteiger partial charge in [-0.25, -0.2) is 8.78 Å². The van der Waals surface area contributed by atoms with Crippen LogP contribution in [0.15, 0.2) is 47.5 Å². The minimum Gasteiger partial charge on any atom is -0.345 e. The van der Waals surface area contributed by atoms with E-state index in [1.165, 1.54) is 12.1 Å². The van der Waals surface area contributed by atoms with Crippen molar-refractivity contribution in [2.24, 2.45) is 22.7 Å². The first-order valence-corrected chi connectivity index (χ1v) is 15.9. The number of nitrogens with zero attached hydrogens (tertiary/aromatic N) is 5. The van der Waals surface area contributed by atoms with Crippen molar-refractivity contribution in [2.45, 2.75) is 98.3 Å². The van der Waals surface area contributed by atoms with E-state index in [0.717, 1.165) is 37.3 Å². The molecule has 3 aromatic rings. The number of amides is 2. The van der Waals surface area contributed by atoms with Crippen molar-refractivity contribution in [3.63, 3.8) is 0 Å². The standard InChI is InChI=1S/C34H45F2N7O2/c1-21(2)9-7-8-10-29(24-11-13-25(14-12-24)32(44)37-20-30-39-41-42-40-30)43-33(45)31(26-17-27(35)19-28(36)18-26)38-34(43,6)16-15-23(5)22(3)4/h11-14,17-19,21-23,29H,7-10,15-16,20H2,1-6H3,(H,37,44)(H,39,40,41,42). The molecule has 1 aromatic heterocycles. The molecule has 0 spiro atoms. The van der Waals surface area contributed by atoms with Gasteiger partial charge in [0.2, 0.25) is 0 Å². The van der Waals surface area contributed by atoms with Gasteiger partial charge in [0.05, 0.1) is 12.6 Å². The van der Waals surface area contributed by atoms with Gasteiger partial charge >= 0.3 is 0 Å². The lowest BCUT2D eigenvalue weighted by Gasteiger charge is -2.40. The maximum atomic E-state index is 14.3.